The third-order valence-electron chi connectivity index (χ3n) is 4.41. The van der Waals surface area contributed by atoms with E-state index in [-0.39, 0.29) is 6.04 Å². The van der Waals surface area contributed by atoms with Crippen LogP contribution in [0.4, 0.5) is 0 Å². The third kappa shape index (κ3) is 3.57. The lowest BCUT2D eigenvalue weighted by molar-refractivity contribution is 0.180. The summed E-state index contributed by atoms with van der Waals surface area (Å²) in [6.45, 7) is 11.3. The van der Waals surface area contributed by atoms with Gasteiger partial charge in [-0.25, -0.2) is 4.98 Å². The molecule has 1 fully saturated rings. The molecule has 0 aromatic carbocycles. The van der Waals surface area contributed by atoms with Crippen LogP contribution in [0, 0.1) is 11.8 Å². The Kier molecular flexibility index (Phi) is 4.99. The van der Waals surface area contributed by atoms with Crippen LogP contribution >= 0.6 is 0 Å². The molecule has 2 N–H and O–H groups in total. The van der Waals surface area contributed by atoms with Crippen molar-refractivity contribution in [2.45, 2.75) is 46.2 Å². The van der Waals surface area contributed by atoms with Gasteiger partial charge in [0, 0.05) is 18.8 Å². The largest absolute Gasteiger partial charge is 0.333 e. The number of nitrogens with zero attached hydrogens (tertiary/aromatic N) is 3. The Morgan fingerprint density at radius 1 is 1.37 bits per heavy atom. The summed E-state index contributed by atoms with van der Waals surface area (Å²) in [5.74, 6) is 1.23. The smallest absolute Gasteiger partial charge is 0.0948 e. The highest BCUT2D eigenvalue weighted by Crippen LogP contribution is 2.23. The first-order valence-electron chi connectivity index (χ1n) is 7.59. The van der Waals surface area contributed by atoms with Gasteiger partial charge in [0.25, 0.3) is 0 Å². The maximum absolute atomic E-state index is 6.26. The van der Waals surface area contributed by atoms with Crippen molar-refractivity contribution >= 4 is 0 Å². The minimum absolute atomic E-state index is 0.0956. The lowest BCUT2D eigenvalue weighted by atomic mass is 9.96. The molecule has 1 aromatic rings. The Bertz CT molecular complexity index is 377. The fraction of sp³-hybridized carbons (Fsp3) is 0.800. The third-order valence-corrected chi connectivity index (χ3v) is 4.41. The van der Waals surface area contributed by atoms with Crippen molar-refractivity contribution < 1.29 is 0 Å². The zero-order valence-electron chi connectivity index (χ0n) is 12.5. The molecule has 108 valence electrons. The summed E-state index contributed by atoms with van der Waals surface area (Å²) in [4.78, 5) is 6.83. The predicted octanol–water partition coefficient (Wildman–Crippen LogP) is 2.27. The van der Waals surface area contributed by atoms with E-state index in [0.717, 1.165) is 12.5 Å². The summed E-state index contributed by atoms with van der Waals surface area (Å²) in [5.41, 5.74) is 7.45. The highest BCUT2D eigenvalue weighted by atomic mass is 15.1. The van der Waals surface area contributed by atoms with Gasteiger partial charge in [-0.2, -0.15) is 0 Å². The van der Waals surface area contributed by atoms with Crippen LogP contribution in [-0.4, -0.2) is 34.1 Å². The van der Waals surface area contributed by atoms with Gasteiger partial charge in [-0.3, -0.25) is 0 Å². The van der Waals surface area contributed by atoms with E-state index in [4.69, 9.17) is 5.73 Å². The van der Waals surface area contributed by atoms with E-state index < -0.39 is 0 Å². The van der Waals surface area contributed by atoms with Crippen molar-refractivity contribution in [1.82, 2.24) is 14.5 Å². The summed E-state index contributed by atoms with van der Waals surface area (Å²) < 4.78 is 2.27. The maximum atomic E-state index is 6.26. The molecule has 1 aromatic heterocycles. The SMILES string of the molecule is CCN1CCC(Cn2cncc2C(N)C(C)C)CC1. The van der Waals surface area contributed by atoms with Crippen molar-refractivity contribution in [3.8, 4) is 0 Å². The van der Waals surface area contributed by atoms with Gasteiger partial charge in [0.1, 0.15) is 0 Å². The van der Waals surface area contributed by atoms with Crippen LogP contribution < -0.4 is 5.73 Å². The number of imidazole rings is 1. The standard InChI is InChI=1S/C15H28N4/c1-4-18-7-5-13(6-8-18)10-19-11-17-9-14(19)15(16)12(2)3/h9,11-13,15H,4-8,10,16H2,1-3H3. The molecule has 4 nitrogen and oxygen atoms in total. The Morgan fingerprint density at radius 3 is 2.63 bits per heavy atom. The number of rotatable bonds is 5. The van der Waals surface area contributed by atoms with Gasteiger partial charge >= 0.3 is 0 Å². The highest BCUT2D eigenvalue weighted by Gasteiger charge is 2.21. The van der Waals surface area contributed by atoms with Crippen LogP contribution in [0.25, 0.3) is 0 Å². The fourth-order valence-corrected chi connectivity index (χ4v) is 2.87. The van der Waals surface area contributed by atoms with E-state index in [1.165, 1.54) is 38.2 Å². The summed E-state index contributed by atoms with van der Waals surface area (Å²) in [5, 5.41) is 0. The first kappa shape index (κ1) is 14.5. The molecule has 0 aliphatic carbocycles. The van der Waals surface area contributed by atoms with Crippen molar-refractivity contribution in [3.63, 3.8) is 0 Å². The van der Waals surface area contributed by atoms with Crippen LogP contribution in [0.2, 0.25) is 0 Å². The van der Waals surface area contributed by atoms with Crippen LogP contribution in [0.1, 0.15) is 45.3 Å². The number of hydrogen-bond donors (Lipinski definition) is 1. The lowest BCUT2D eigenvalue weighted by Gasteiger charge is -2.31. The maximum Gasteiger partial charge on any atom is 0.0948 e. The van der Waals surface area contributed by atoms with Gasteiger partial charge in [0.2, 0.25) is 0 Å². The molecular formula is C15H28N4. The molecule has 0 radical (unpaired) electrons. The average Bonchev–Trinajstić information content (AvgIpc) is 2.86. The van der Waals surface area contributed by atoms with Crippen LogP contribution in [0.3, 0.4) is 0 Å². The minimum atomic E-state index is 0.0956. The van der Waals surface area contributed by atoms with Crippen molar-refractivity contribution in [1.29, 1.82) is 0 Å². The molecule has 0 bridgehead atoms. The Balaban J connectivity index is 1.95. The number of piperidine rings is 1. The Morgan fingerprint density at radius 2 is 2.05 bits per heavy atom. The fourth-order valence-electron chi connectivity index (χ4n) is 2.87. The summed E-state index contributed by atoms with van der Waals surface area (Å²) >= 11 is 0. The Hall–Kier alpha value is -0.870. The van der Waals surface area contributed by atoms with Crippen LogP contribution in [0.15, 0.2) is 12.5 Å². The molecule has 4 heteroatoms. The van der Waals surface area contributed by atoms with Gasteiger partial charge in [-0.1, -0.05) is 20.8 Å². The van der Waals surface area contributed by atoms with E-state index in [1.54, 1.807) is 0 Å². The second-order valence-corrected chi connectivity index (χ2v) is 6.12. The van der Waals surface area contributed by atoms with E-state index >= 15 is 0 Å². The molecule has 2 rings (SSSR count). The second kappa shape index (κ2) is 6.53. The molecule has 19 heavy (non-hydrogen) atoms. The first-order chi connectivity index (χ1) is 9.11. The van der Waals surface area contributed by atoms with E-state index in [9.17, 15) is 0 Å². The number of nitrogens with two attached hydrogens (primary N) is 1. The molecule has 1 unspecified atom stereocenters. The second-order valence-electron chi connectivity index (χ2n) is 6.12. The topological polar surface area (TPSA) is 47.1 Å². The minimum Gasteiger partial charge on any atom is -0.333 e. The monoisotopic (exact) mass is 264 g/mol. The molecule has 1 aliphatic rings. The van der Waals surface area contributed by atoms with E-state index in [0.29, 0.717) is 5.92 Å². The Labute approximate surface area is 117 Å². The molecule has 0 spiro atoms. The van der Waals surface area contributed by atoms with Crippen LogP contribution in [-0.2, 0) is 6.54 Å². The number of aromatic nitrogens is 2. The molecule has 1 aliphatic heterocycles. The molecule has 0 saturated carbocycles. The van der Waals surface area contributed by atoms with Gasteiger partial charge in [-0.05, 0) is 44.3 Å². The van der Waals surface area contributed by atoms with Crippen LogP contribution in [0.5, 0.6) is 0 Å². The molecule has 1 saturated heterocycles. The summed E-state index contributed by atoms with van der Waals surface area (Å²) in [6.07, 6.45) is 6.47. The van der Waals surface area contributed by atoms with Gasteiger partial charge in [0.15, 0.2) is 0 Å². The van der Waals surface area contributed by atoms with E-state index in [2.05, 4.69) is 35.2 Å². The van der Waals surface area contributed by atoms with Crippen molar-refractivity contribution in [3.05, 3.63) is 18.2 Å². The highest BCUT2D eigenvalue weighted by molar-refractivity contribution is 5.05. The summed E-state index contributed by atoms with van der Waals surface area (Å²) in [6, 6.07) is 0.0956. The van der Waals surface area contributed by atoms with Gasteiger partial charge < -0.3 is 15.2 Å². The molecule has 2 heterocycles. The quantitative estimate of drug-likeness (QED) is 0.887. The molecule has 1 atom stereocenters. The summed E-state index contributed by atoms with van der Waals surface area (Å²) in [7, 11) is 0. The van der Waals surface area contributed by atoms with Gasteiger partial charge in [0.05, 0.1) is 12.0 Å². The predicted molar refractivity (Wildman–Crippen MR) is 78.8 cm³/mol. The zero-order valence-corrected chi connectivity index (χ0v) is 12.5. The van der Waals surface area contributed by atoms with Crippen molar-refractivity contribution in [2.24, 2.45) is 17.6 Å². The number of likely N-dealkylation sites (tertiary alicyclic amines) is 1. The van der Waals surface area contributed by atoms with E-state index in [1.807, 2.05) is 12.5 Å². The molecular weight excluding hydrogens is 236 g/mol. The zero-order chi connectivity index (χ0) is 13.8. The lowest BCUT2D eigenvalue weighted by Crippen LogP contribution is -2.35. The normalized spacial score (nSPS) is 20.1. The van der Waals surface area contributed by atoms with Crippen molar-refractivity contribution in [2.75, 3.05) is 19.6 Å². The van der Waals surface area contributed by atoms with Gasteiger partial charge in [-0.15, -0.1) is 0 Å². The average molecular weight is 264 g/mol. The molecule has 0 amide bonds. The number of hydrogen-bond acceptors (Lipinski definition) is 3. The first-order valence-corrected chi connectivity index (χ1v) is 7.59.